The van der Waals surface area contributed by atoms with Gasteiger partial charge in [-0.05, 0) is 167 Å². The molecule has 0 aromatic heterocycles. The molecule has 0 bridgehead atoms. The van der Waals surface area contributed by atoms with Gasteiger partial charge in [-0.3, -0.25) is 136 Å². The zero-order valence-corrected chi connectivity index (χ0v) is 84.2. The summed E-state index contributed by atoms with van der Waals surface area (Å²) in [5, 5.41) is 161. The summed E-state index contributed by atoms with van der Waals surface area (Å²) in [5.74, 6) is -23.9. The van der Waals surface area contributed by atoms with Crippen LogP contribution in [0.15, 0.2) is 0 Å². The van der Waals surface area contributed by atoms with Crippen molar-refractivity contribution in [2.75, 3.05) is 78.5 Å². The van der Waals surface area contributed by atoms with E-state index in [0.29, 0.717) is 0 Å². The van der Waals surface area contributed by atoms with E-state index in [0.717, 1.165) is 6.92 Å². The minimum Gasteiger partial charge on any atom is -0.480 e. The molecule has 1 aliphatic heterocycles. The fourth-order valence-electron chi connectivity index (χ4n) is 14.5. The molecule has 67 nitrogen and oxygen atoms in total. The topological polar surface area (TPSA) is 1200 Å². The van der Waals surface area contributed by atoms with Crippen molar-refractivity contribution < 1.29 is 86.6 Å². The molecule has 150 heavy (non-hydrogen) atoms. The highest BCUT2D eigenvalue weighted by Crippen LogP contribution is 2.16. The Morgan fingerprint density at radius 1 is 0.300 bits per heavy atom. The first-order valence-corrected chi connectivity index (χ1v) is 48.7. The number of rotatable bonds is 67. The number of carbonyl (C=O) groups excluding carboxylic acids is 16. The lowest BCUT2D eigenvalue weighted by Crippen LogP contribution is -2.61. The smallest absolute Gasteiger partial charge is 0.326 e. The molecule has 1 aliphatic rings. The second kappa shape index (κ2) is 73.9. The minimum absolute atomic E-state index is 0.00740. The van der Waals surface area contributed by atoms with Crippen LogP contribution in [0.3, 0.4) is 0 Å². The van der Waals surface area contributed by atoms with Crippen LogP contribution >= 0.6 is 0 Å². The zero-order chi connectivity index (χ0) is 113. The average molecular weight is 2130 g/mol. The van der Waals surface area contributed by atoms with E-state index in [1.165, 1.54) is 0 Å². The van der Waals surface area contributed by atoms with E-state index in [2.05, 4.69) is 138 Å². The van der Waals surface area contributed by atoms with Gasteiger partial charge in [0.25, 0.3) is 0 Å². The maximum Gasteiger partial charge on any atom is 0.326 e. The summed E-state index contributed by atoms with van der Waals surface area (Å²) >= 11 is 0. The van der Waals surface area contributed by atoms with E-state index in [1.54, 1.807) is 0 Å². The van der Waals surface area contributed by atoms with Crippen molar-refractivity contribution in [3.8, 4) is 0 Å². The Balaban J connectivity index is 4.55. The first-order chi connectivity index (χ1) is 70.8. The molecule has 1 rings (SSSR count). The largest absolute Gasteiger partial charge is 0.480 e. The van der Waals surface area contributed by atoms with Crippen LogP contribution in [0.25, 0.3) is 0 Å². The molecular weight excluding hydrogens is 1970 g/mol. The van der Waals surface area contributed by atoms with Crippen molar-refractivity contribution in [1.29, 1.82) is 59.5 Å². The number of aliphatic carboxylic acids is 1. The second-order valence-corrected chi connectivity index (χ2v) is 34.8. The third-order valence-corrected chi connectivity index (χ3v) is 22.1. The van der Waals surface area contributed by atoms with Crippen molar-refractivity contribution in [2.45, 2.75) is 271 Å². The summed E-state index contributed by atoms with van der Waals surface area (Å²) in [4.78, 5) is 246. The number of hydrogen-bond donors (Lipinski definition) is 50. The third kappa shape index (κ3) is 61.9. The zero-order valence-electron chi connectivity index (χ0n) is 84.2. The van der Waals surface area contributed by atoms with Crippen LogP contribution in [0.4, 0.5) is 0 Å². The van der Waals surface area contributed by atoms with E-state index in [9.17, 15) is 43.5 Å². The van der Waals surface area contributed by atoms with Crippen LogP contribution in [-0.4, -0.2) is 334 Å². The Morgan fingerprint density at radius 2 is 0.533 bits per heavy atom. The molecule has 0 saturated carbocycles. The molecule has 0 spiro atoms. The highest BCUT2D eigenvalue weighted by Gasteiger charge is 2.40. The van der Waals surface area contributed by atoms with E-state index in [1.807, 2.05) is 0 Å². The molecule has 1 saturated heterocycles. The number of nitrogens with two attached hydrogens (primary N) is 12. The van der Waals surface area contributed by atoms with Gasteiger partial charge < -0.3 is 212 Å². The lowest BCUT2D eigenvalue weighted by atomic mass is 10.0. The van der Waals surface area contributed by atoms with Gasteiger partial charge in [0.1, 0.15) is 84.6 Å². The number of carboxylic acids is 1. The maximum absolute atomic E-state index is 15.3. The van der Waals surface area contributed by atoms with Gasteiger partial charge in [-0.25, -0.2) is 4.79 Å². The van der Waals surface area contributed by atoms with Gasteiger partial charge >= 0.3 is 5.97 Å². The van der Waals surface area contributed by atoms with Crippen molar-refractivity contribution in [1.82, 2.24) is 138 Å². The van der Waals surface area contributed by atoms with Gasteiger partial charge in [0, 0.05) is 91.9 Å². The summed E-state index contributed by atoms with van der Waals surface area (Å²) in [6.07, 6.45) is -6.49. The Bertz CT molecular complexity index is 4570. The van der Waals surface area contributed by atoms with Crippen molar-refractivity contribution in [2.24, 2.45) is 68.8 Å². The Kier molecular flexibility index (Phi) is 64.6. The standard InChI is InChI=1S/C83H159N49O18/c1-42(133)119-43(16-4-30-108-73(85)86)59(136)121-45(17-5-31-109-74(87)88)62(139)124-48(20-8-34-112-77(93)94)64(141)126-50(22-10-36-114-79(97)98)66(143)128-53(25-13-39-117-82(103)104)69(146)132-56-41-58(135)107-29-3-2-15-44(120-61(138)46(18-6-32-110-75(89)90)123-67(144)51(23-11-37-115-80(99)100)129-70(147)54(130-71(56)148)27-28-57(84)134)60(137)122-47(19-7-33-111-76(91)92)63(140)125-49(21-9-35-113-78(95)96)65(142)127-52(24-12-38-116-81(101)102)68(145)131-55(72(149)150)26-14-40-118-83(105)106/h43-56H,2-41H2,1H3,(H2,84,134)(H,107,135)(H,119,133)(H,120,138)(H,121,136)(H,122,137)(H,123,144)(H,124,139)(H,125,140)(H,126,141)(H,127,142)(H,128,143)(H,129,147)(H,130,148)(H,131,145)(H,132,146)(H,149,150)(H4,85,86,108)(H4,87,88,109)(H4,89,90,110)(H4,91,92,111)(H4,93,94,112)(H4,95,96,113)(H4,97,98,114)(H4,99,100,115)(H4,101,102,116)(H4,103,104,117)(H4,105,106,118)/t43-,44-,45-,46-,47-,48-,49-,50-,51-,52-,53-,54-,55-,56?/m0/s1. The summed E-state index contributed by atoms with van der Waals surface area (Å²) in [6.45, 7) is 0.0545. The van der Waals surface area contributed by atoms with Crippen molar-refractivity contribution in [3.05, 3.63) is 0 Å². The molecule has 0 aromatic carbocycles. The Morgan fingerprint density at radius 3 is 0.800 bits per heavy atom. The first kappa shape index (κ1) is 131. The quantitative estimate of drug-likeness (QED) is 0.0153. The number of carbonyl (C=O) groups is 17. The Labute approximate surface area is 865 Å². The van der Waals surface area contributed by atoms with Gasteiger partial charge in [0.15, 0.2) is 65.6 Å². The van der Waals surface area contributed by atoms with E-state index in [-0.39, 0.29) is 226 Å². The van der Waals surface area contributed by atoms with Crippen molar-refractivity contribution in [3.63, 3.8) is 0 Å². The molecule has 0 aromatic rings. The average Bonchev–Trinajstić information content (AvgIpc) is 0.852. The minimum atomic E-state index is -2.12. The second-order valence-electron chi connectivity index (χ2n) is 34.8. The number of primary amides is 1. The molecule has 1 fully saturated rings. The SMILES string of the molecule is CC(=O)N[C@@H](CCCNC(=N)N)C(=O)N[C@@H](CCCNC(=N)N)C(=O)N[C@@H](CCCNC(=N)N)C(=O)N[C@@H](CCCNC(=N)N)C(=O)N[C@@H](CCCNC(=N)N)C(=O)NC1CC(=O)NCCCC[C@@H](C(=O)N[C@@H](CCCNC(=N)N)C(=O)N[C@@H](CCCNC(=N)N)C(=O)N[C@@H](CCCNC(=N)N)C(=O)N[C@@H](CCCNC(=N)N)C(=O)O)NC(=O)[C@H](CCCNC(=N)N)NC(=O)[C@H](CCCNC(=N)N)NC(=O)[C@H](CCC(N)=O)NC1=O. The monoisotopic (exact) mass is 2130 g/mol. The van der Waals surface area contributed by atoms with Gasteiger partial charge in [0.05, 0.1) is 6.42 Å². The predicted octanol–water partition coefficient (Wildman–Crippen LogP) is -16.3. The molecule has 1 heterocycles. The molecule has 0 aliphatic carbocycles. The fraction of sp³-hybridized carbons (Fsp3) is 0.663. The molecule has 14 atom stereocenters. The number of carboxylic acid groups (broad SMARTS) is 1. The molecule has 67 heteroatoms. The maximum atomic E-state index is 15.3. The fourth-order valence-corrected chi connectivity index (χ4v) is 14.5. The van der Waals surface area contributed by atoms with Crippen LogP contribution in [0.2, 0.25) is 0 Å². The van der Waals surface area contributed by atoms with Gasteiger partial charge in [-0.1, -0.05) is 0 Å². The molecule has 1 unspecified atom stereocenters. The summed E-state index contributed by atoms with van der Waals surface area (Å²) < 4.78 is 0. The van der Waals surface area contributed by atoms with E-state index in [4.69, 9.17) is 128 Å². The van der Waals surface area contributed by atoms with Crippen LogP contribution < -0.4 is 207 Å². The van der Waals surface area contributed by atoms with E-state index >= 15 is 43.2 Å². The number of nitrogens with one attached hydrogen (secondary N) is 37. The van der Waals surface area contributed by atoms with Crippen molar-refractivity contribution >= 4 is 166 Å². The third-order valence-electron chi connectivity index (χ3n) is 22.1. The predicted molar refractivity (Wildman–Crippen MR) is 551 cm³/mol. The number of hydrogen-bond acceptors (Lipinski definition) is 28. The molecule has 0 radical (unpaired) electrons. The van der Waals surface area contributed by atoms with Crippen LogP contribution in [0, 0.1) is 59.5 Å². The van der Waals surface area contributed by atoms with Crippen LogP contribution in [0.5, 0.6) is 0 Å². The van der Waals surface area contributed by atoms with Crippen LogP contribution in [-0.2, 0) is 81.5 Å². The Hall–Kier alpha value is -17.0. The molecule has 62 N–H and O–H groups in total. The number of guanidine groups is 11. The summed E-state index contributed by atoms with van der Waals surface area (Å²) in [6, 6.07) is -23.8. The lowest BCUT2D eigenvalue weighted by molar-refractivity contribution is -0.142. The van der Waals surface area contributed by atoms with Gasteiger partial charge in [-0.2, -0.15) is 0 Å². The van der Waals surface area contributed by atoms with Crippen LogP contribution in [0.1, 0.15) is 187 Å². The molecule has 844 valence electrons. The summed E-state index contributed by atoms with van der Waals surface area (Å²) in [7, 11) is 0. The highest BCUT2D eigenvalue weighted by atomic mass is 16.4. The lowest BCUT2D eigenvalue weighted by Gasteiger charge is -2.29. The van der Waals surface area contributed by atoms with E-state index < -0.39 is 283 Å². The normalized spacial score (nSPS) is 16.6. The van der Waals surface area contributed by atoms with Gasteiger partial charge in [0.2, 0.25) is 94.5 Å². The summed E-state index contributed by atoms with van der Waals surface area (Å²) in [5.41, 5.74) is 66.6. The highest BCUT2D eigenvalue weighted by molar-refractivity contribution is 6.02. The van der Waals surface area contributed by atoms with Gasteiger partial charge in [-0.15, -0.1) is 0 Å². The number of amides is 16. The molecule has 16 amide bonds. The first-order valence-electron chi connectivity index (χ1n) is 48.7. The molecular formula is C83H159N49O18.